The summed E-state index contributed by atoms with van der Waals surface area (Å²) in [4.78, 5) is 8.80. The largest absolute Gasteiger partial charge is 0.495 e. The summed E-state index contributed by atoms with van der Waals surface area (Å²) in [6, 6.07) is 25.3. The molecule has 0 saturated carbocycles. The van der Waals surface area contributed by atoms with Crippen LogP contribution in [0.2, 0.25) is 0 Å². The fourth-order valence-corrected chi connectivity index (χ4v) is 4.25. The molecule has 6 rings (SSSR count). The van der Waals surface area contributed by atoms with Crippen molar-refractivity contribution in [2.75, 3.05) is 18.2 Å². The summed E-state index contributed by atoms with van der Waals surface area (Å²) >= 11 is 0. The van der Waals surface area contributed by atoms with Gasteiger partial charge >= 0.3 is 0 Å². The highest BCUT2D eigenvalue weighted by Gasteiger charge is 2.13. The Kier molecular flexibility index (Phi) is 5.89. The fourth-order valence-electron chi connectivity index (χ4n) is 4.25. The summed E-state index contributed by atoms with van der Waals surface area (Å²) in [6.45, 7) is 1.99. The average Bonchev–Trinajstić information content (AvgIpc) is 2.95. The molecule has 38 heavy (non-hydrogen) atoms. The van der Waals surface area contributed by atoms with Crippen molar-refractivity contribution in [3.8, 4) is 28.5 Å². The molecule has 0 radical (unpaired) electrons. The van der Waals surface area contributed by atoms with Gasteiger partial charge in [0.2, 0.25) is 0 Å². The number of nitrogen functional groups attached to an aromatic ring is 1. The first-order valence-electron chi connectivity index (χ1n) is 12.0. The summed E-state index contributed by atoms with van der Waals surface area (Å²) in [5, 5.41) is 14.4. The highest BCUT2D eigenvalue weighted by molar-refractivity contribution is 6.01. The van der Waals surface area contributed by atoms with E-state index in [2.05, 4.69) is 25.5 Å². The average molecular weight is 501 g/mol. The number of methoxy groups -OCH3 is 1. The van der Waals surface area contributed by atoms with Gasteiger partial charge in [-0.1, -0.05) is 36.4 Å². The number of aryl methyl sites for hydroxylation is 1. The lowest BCUT2D eigenvalue weighted by molar-refractivity contribution is 0.413. The highest BCUT2D eigenvalue weighted by Crippen LogP contribution is 2.33. The quantitative estimate of drug-likeness (QED) is 0.244. The summed E-state index contributed by atoms with van der Waals surface area (Å²) in [5.41, 5.74) is 11.8. The third kappa shape index (κ3) is 4.39. The van der Waals surface area contributed by atoms with Crippen molar-refractivity contribution in [2.45, 2.75) is 6.92 Å². The van der Waals surface area contributed by atoms with Crippen molar-refractivity contribution in [2.24, 2.45) is 0 Å². The number of fused-ring (bicyclic) bond motifs is 2. The molecule has 3 aromatic heterocycles. The Balaban J connectivity index is 1.27. The smallest absolute Gasteiger partial charge is 0.161 e. The van der Waals surface area contributed by atoms with Crippen molar-refractivity contribution in [3.63, 3.8) is 0 Å². The minimum Gasteiger partial charge on any atom is -0.495 e. The number of nitrogens with one attached hydrogen (secondary N) is 1. The lowest BCUT2D eigenvalue weighted by Gasteiger charge is -2.13. The molecular formula is C30H24N6O2. The Bertz CT molecular complexity index is 1790. The summed E-state index contributed by atoms with van der Waals surface area (Å²) in [6.07, 6.45) is 3.33. The number of anilines is 3. The molecule has 0 aliphatic carbocycles. The number of nitrogens with two attached hydrogens (primary N) is 1. The Labute approximate surface area is 219 Å². The van der Waals surface area contributed by atoms with E-state index in [1.54, 1.807) is 25.6 Å². The van der Waals surface area contributed by atoms with E-state index in [1.165, 1.54) is 0 Å². The van der Waals surface area contributed by atoms with Crippen molar-refractivity contribution in [1.29, 1.82) is 0 Å². The normalized spacial score (nSPS) is 11.0. The zero-order valence-corrected chi connectivity index (χ0v) is 20.8. The molecule has 0 saturated heterocycles. The van der Waals surface area contributed by atoms with Gasteiger partial charge in [-0.2, -0.15) is 0 Å². The van der Waals surface area contributed by atoms with Gasteiger partial charge in [-0.3, -0.25) is 4.98 Å². The van der Waals surface area contributed by atoms with Crippen LogP contribution in [0.4, 0.5) is 17.2 Å². The van der Waals surface area contributed by atoms with Crippen molar-refractivity contribution in [1.82, 2.24) is 20.2 Å². The van der Waals surface area contributed by atoms with Crippen molar-refractivity contribution in [3.05, 3.63) is 96.8 Å². The van der Waals surface area contributed by atoms with E-state index in [-0.39, 0.29) is 0 Å². The lowest BCUT2D eigenvalue weighted by Crippen LogP contribution is -2.00. The van der Waals surface area contributed by atoms with Gasteiger partial charge in [0.25, 0.3) is 0 Å². The maximum atomic E-state index is 6.15. The van der Waals surface area contributed by atoms with Crippen LogP contribution in [0.25, 0.3) is 33.1 Å². The van der Waals surface area contributed by atoms with Gasteiger partial charge in [0.1, 0.15) is 22.7 Å². The molecule has 3 heterocycles. The molecule has 0 bridgehead atoms. The van der Waals surface area contributed by atoms with Crippen LogP contribution in [0.15, 0.2) is 91.3 Å². The van der Waals surface area contributed by atoms with E-state index < -0.39 is 0 Å². The SMILES string of the molecule is COc1cnc2c(Oc3ccc(Nc4nnc(-c5ccc(C)c(N)c5)c5ccccc45)cc3)ccnc2c1. The van der Waals surface area contributed by atoms with Crippen molar-refractivity contribution < 1.29 is 9.47 Å². The number of benzene rings is 3. The molecule has 0 aliphatic heterocycles. The van der Waals surface area contributed by atoms with Crippen LogP contribution in [0.3, 0.4) is 0 Å². The van der Waals surface area contributed by atoms with E-state index in [1.807, 2.05) is 79.7 Å². The Morgan fingerprint density at radius 1 is 0.816 bits per heavy atom. The van der Waals surface area contributed by atoms with Crippen molar-refractivity contribution >= 4 is 39.0 Å². The van der Waals surface area contributed by atoms with E-state index in [4.69, 9.17) is 15.2 Å². The number of hydrogen-bond donors (Lipinski definition) is 2. The minimum absolute atomic E-state index is 0.613. The molecule has 0 unspecified atom stereocenters. The minimum atomic E-state index is 0.613. The number of hydrogen-bond acceptors (Lipinski definition) is 8. The predicted molar refractivity (Wildman–Crippen MR) is 150 cm³/mol. The molecule has 186 valence electrons. The van der Waals surface area contributed by atoms with Gasteiger partial charge in [-0.05, 0) is 42.8 Å². The number of aromatic nitrogens is 4. The van der Waals surface area contributed by atoms with Crippen LogP contribution >= 0.6 is 0 Å². The summed E-state index contributed by atoms with van der Waals surface area (Å²) in [7, 11) is 1.60. The van der Waals surface area contributed by atoms with Gasteiger partial charge < -0.3 is 20.5 Å². The highest BCUT2D eigenvalue weighted by atomic mass is 16.5. The summed E-state index contributed by atoms with van der Waals surface area (Å²) in [5.74, 6) is 2.59. The molecule has 0 atom stereocenters. The van der Waals surface area contributed by atoms with Gasteiger partial charge in [-0.25, -0.2) is 4.98 Å². The van der Waals surface area contributed by atoms with Gasteiger partial charge in [0.05, 0.1) is 18.8 Å². The molecule has 0 spiro atoms. The molecular weight excluding hydrogens is 476 g/mol. The standard InChI is InChI=1S/C30H24N6O2/c1-18-7-8-19(15-25(18)31)28-23-5-3-4-6-24(23)30(36-35-28)34-20-9-11-21(12-10-20)38-27-13-14-32-26-16-22(37-2)17-33-29(26)27/h3-17H,31H2,1-2H3,(H,34,36). The second kappa shape index (κ2) is 9.67. The van der Waals surface area contributed by atoms with Crippen LogP contribution in [-0.4, -0.2) is 27.3 Å². The first kappa shape index (κ1) is 23.2. The fraction of sp³-hybridized carbons (Fsp3) is 0.0667. The molecule has 0 fully saturated rings. The maximum Gasteiger partial charge on any atom is 0.161 e. The monoisotopic (exact) mass is 500 g/mol. The topological polar surface area (TPSA) is 108 Å². The third-order valence-corrected chi connectivity index (χ3v) is 6.34. The van der Waals surface area contributed by atoms with Gasteiger partial charge in [-0.15, -0.1) is 10.2 Å². The van der Waals surface area contributed by atoms with Crippen LogP contribution in [0.1, 0.15) is 5.56 Å². The zero-order valence-electron chi connectivity index (χ0n) is 20.8. The van der Waals surface area contributed by atoms with Gasteiger partial charge in [0, 0.05) is 46.0 Å². The number of nitrogens with zero attached hydrogens (tertiary/aromatic N) is 4. The molecule has 6 aromatic rings. The molecule has 0 aliphatic rings. The number of pyridine rings is 2. The zero-order chi connectivity index (χ0) is 26.1. The van der Waals surface area contributed by atoms with Crippen LogP contribution in [0.5, 0.6) is 17.2 Å². The van der Waals surface area contributed by atoms with Crippen LogP contribution in [0, 0.1) is 6.92 Å². The van der Waals surface area contributed by atoms with Gasteiger partial charge in [0.15, 0.2) is 11.6 Å². The first-order valence-corrected chi connectivity index (χ1v) is 12.0. The third-order valence-electron chi connectivity index (χ3n) is 6.34. The molecule has 3 aromatic carbocycles. The lowest BCUT2D eigenvalue weighted by atomic mass is 10.0. The number of rotatable bonds is 6. The molecule has 8 nitrogen and oxygen atoms in total. The second-order valence-corrected chi connectivity index (χ2v) is 8.82. The number of ether oxygens (including phenoxy) is 2. The van der Waals surface area contributed by atoms with Crippen LogP contribution in [-0.2, 0) is 0 Å². The molecule has 0 amide bonds. The van der Waals surface area contributed by atoms with E-state index >= 15 is 0 Å². The maximum absolute atomic E-state index is 6.15. The predicted octanol–water partition coefficient (Wildman–Crippen LogP) is 6.68. The molecule has 8 heteroatoms. The van der Waals surface area contributed by atoms with E-state index in [0.717, 1.165) is 39.0 Å². The molecule has 3 N–H and O–H groups in total. The van der Waals surface area contributed by atoms with Crippen LogP contribution < -0.4 is 20.5 Å². The second-order valence-electron chi connectivity index (χ2n) is 8.82. The first-order chi connectivity index (χ1) is 18.6. The Morgan fingerprint density at radius 3 is 2.42 bits per heavy atom. The Morgan fingerprint density at radius 2 is 1.63 bits per heavy atom. The Hall–Kier alpha value is -5.24. The summed E-state index contributed by atoms with van der Waals surface area (Å²) < 4.78 is 11.4. The van der Waals surface area contributed by atoms with E-state index in [0.29, 0.717) is 34.1 Å². The van der Waals surface area contributed by atoms with E-state index in [9.17, 15) is 0 Å².